The van der Waals surface area contributed by atoms with Gasteiger partial charge in [0.1, 0.15) is 5.82 Å². The summed E-state index contributed by atoms with van der Waals surface area (Å²) in [4.78, 5) is 44.6. The number of nitrogens with one attached hydrogen (secondary N) is 2. The Bertz CT molecular complexity index is 1060. The molecule has 0 bridgehead atoms. The maximum absolute atomic E-state index is 12.5. The van der Waals surface area contributed by atoms with E-state index in [9.17, 15) is 14.4 Å². The van der Waals surface area contributed by atoms with Crippen molar-refractivity contribution in [3.63, 3.8) is 0 Å². The Morgan fingerprint density at radius 1 is 1.03 bits per heavy atom. The summed E-state index contributed by atoms with van der Waals surface area (Å²) in [6, 6.07) is 8.11. The number of unbranched alkanes of at least 4 members (excludes halogenated alkanes) is 1. The number of fused-ring (bicyclic) bond motifs is 1. The van der Waals surface area contributed by atoms with Gasteiger partial charge in [0.25, 0.3) is 5.56 Å². The van der Waals surface area contributed by atoms with Crippen LogP contribution in [0.1, 0.15) is 50.7 Å². The smallest absolute Gasteiger partial charge is 0.329 e. The Hall–Kier alpha value is -2.87. The molecule has 1 saturated heterocycles. The number of piperazine rings is 1. The van der Waals surface area contributed by atoms with Gasteiger partial charge in [-0.15, -0.1) is 0 Å². The summed E-state index contributed by atoms with van der Waals surface area (Å²) < 4.78 is 1.21. The topological polar surface area (TPSA) is 90.4 Å². The largest absolute Gasteiger partial charge is 0.342 e. The van der Waals surface area contributed by atoms with E-state index in [0.29, 0.717) is 37.7 Å². The van der Waals surface area contributed by atoms with Crippen LogP contribution in [0.25, 0.3) is 0 Å². The molecule has 1 fully saturated rings. The lowest BCUT2D eigenvalue weighted by atomic mass is 10.1. The number of rotatable bonds is 8. The molecule has 1 aliphatic carbocycles. The predicted molar refractivity (Wildman–Crippen MR) is 130 cm³/mol. The van der Waals surface area contributed by atoms with Crippen LogP contribution in [0.4, 0.5) is 11.5 Å². The molecule has 2 heterocycles. The minimum Gasteiger partial charge on any atom is -0.342 e. The molecule has 4 rings (SSSR count). The second-order valence-electron chi connectivity index (χ2n) is 9.41. The molecule has 1 aromatic heterocycles. The van der Waals surface area contributed by atoms with Crippen LogP contribution in [-0.4, -0.2) is 57.5 Å². The predicted octanol–water partition coefficient (Wildman–Crippen LogP) is 2.49. The van der Waals surface area contributed by atoms with E-state index in [4.69, 9.17) is 0 Å². The molecule has 1 aromatic carbocycles. The number of nitrogens with zero attached hydrogens (tertiary/aromatic N) is 3. The fourth-order valence-electron chi connectivity index (χ4n) is 4.80. The van der Waals surface area contributed by atoms with E-state index in [1.807, 2.05) is 11.0 Å². The van der Waals surface area contributed by atoms with Gasteiger partial charge in [-0.25, -0.2) is 4.79 Å². The Kier molecular flexibility index (Phi) is 7.33. The molecule has 2 N–H and O–H groups in total. The lowest BCUT2D eigenvalue weighted by molar-refractivity contribution is -0.133. The van der Waals surface area contributed by atoms with Gasteiger partial charge in [-0.05, 0) is 69.2 Å². The van der Waals surface area contributed by atoms with Crippen LogP contribution in [0, 0.1) is 0 Å². The molecule has 1 amide bonds. The number of aromatic nitrogens is 2. The third-order valence-electron chi connectivity index (χ3n) is 6.82. The van der Waals surface area contributed by atoms with Crippen molar-refractivity contribution in [2.75, 3.05) is 31.5 Å². The van der Waals surface area contributed by atoms with Crippen LogP contribution in [0.15, 0.2) is 33.9 Å². The normalized spacial score (nSPS) is 16.3. The van der Waals surface area contributed by atoms with Gasteiger partial charge in [-0.1, -0.05) is 6.07 Å². The van der Waals surface area contributed by atoms with Gasteiger partial charge in [0.2, 0.25) is 5.91 Å². The van der Waals surface area contributed by atoms with E-state index in [2.05, 4.69) is 41.2 Å². The summed E-state index contributed by atoms with van der Waals surface area (Å²) in [5.74, 6) is 0.559. The number of aromatic amines is 1. The van der Waals surface area contributed by atoms with E-state index in [-0.39, 0.29) is 11.5 Å². The Morgan fingerprint density at radius 2 is 1.79 bits per heavy atom. The number of hydrogen-bond acceptors (Lipinski definition) is 5. The van der Waals surface area contributed by atoms with Crippen molar-refractivity contribution >= 4 is 17.4 Å². The highest BCUT2D eigenvalue weighted by atomic mass is 16.2. The summed E-state index contributed by atoms with van der Waals surface area (Å²) in [7, 11) is 0. The Balaban J connectivity index is 1.26. The summed E-state index contributed by atoms with van der Waals surface area (Å²) in [6.07, 6.45) is 5.07. The number of hydrogen-bond donors (Lipinski definition) is 2. The zero-order valence-corrected chi connectivity index (χ0v) is 19.7. The third-order valence-corrected chi connectivity index (χ3v) is 6.82. The van der Waals surface area contributed by atoms with Crippen LogP contribution >= 0.6 is 0 Å². The number of carbonyl (C=O) groups excluding carboxylic acids is 1. The molecule has 0 saturated carbocycles. The average molecular weight is 454 g/mol. The molecule has 0 spiro atoms. The van der Waals surface area contributed by atoms with Gasteiger partial charge in [-0.2, -0.15) is 0 Å². The number of aryl methyl sites for hydroxylation is 2. The molecule has 8 heteroatoms. The van der Waals surface area contributed by atoms with Gasteiger partial charge in [0.15, 0.2) is 0 Å². The monoisotopic (exact) mass is 453 g/mol. The van der Waals surface area contributed by atoms with Crippen molar-refractivity contribution in [2.24, 2.45) is 0 Å². The molecule has 178 valence electrons. The molecular formula is C25H35N5O3. The zero-order valence-electron chi connectivity index (χ0n) is 19.7. The van der Waals surface area contributed by atoms with E-state index in [1.54, 1.807) is 0 Å². The van der Waals surface area contributed by atoms with Crippen molar-refractivity contribution in [1.29, 1.82) is 0 Å². The molecule has 0 atom stereocenters. The highest BCUT2D eigenvalue weighted by Gasteiger charge is 2.22. The van der Waals surface area contributed by atoms with Crippen molar-refractivity contribution in [2.45, 2.75) is 65.0 Å². The molecule has 8 nitrogen and oxygen atoms in total. The minimum atomic E-state index is -0.428. The van der Waals surface area contributed by atoms with Gasteiger partial charge in [0, 0.05) is 56.9 Å². The lowest BCUT2D eigenvalue weighted by Gasteiger charge is -2.37. The van der Waals surface area contributed by atoms with Crippen LogP contribution in [0.5, 0.6) is 0 Å². The second-order valence-corrected chi connectivity index (χ2v) is 9.41. The van der Waals surface area contributed by atoms with Crippen LogP contribution < -0.4 is 16.6 Å². The van der Waals surface area contributed by atoms with Gasteiger partial charge >= 0.3 is 5.69 Å². The number of anilines is 2. The molecule has 33 heavy (non-hydrogen) atoms. The molecule has 0 radical (unpaired) electrons. The maximum atomic E-state index is 12.5. The summed E-state index contributed by atoms with van der Waals surface area (Å²) >= 11 is 0. The summed E-state index contributed by atoms with van der Waals surface area (Å²) in [5.41, 5.74) is 2.81. The fraction of sp³-hybridized carbons (Fsp3) is 0.560. The first-order valence-electron chi connectivity index (χ1n) is 12.2. The van der Waals surface area contributed by atoms with Crippen molar-refractivity contribution in [3.8, 4) is 0 Å². The van der Waals surface area contributed by atoms with Crippen LogP contribution in [-0.2, 0) is 24.2 Å². The zero-order chi connectivity index (χ0) is 23.4. The maximum Gasteiger partial charge on any atom is 0.329 e. The van der Waals surface area contributed by atoms with E-state index in [1.165, 1.54) is 28.2 Å². The number of benzene rings is 1. The summed E-state index contributed by atoms with van der Waals surface area (Å²) in [5, 5.41) is 3.15. The van der Waals surface area contributed by atoms with Gasteiger partial charge in [-0.3, -0.25) is 24.0 Å². The highest BCUT2D eigenvalue weighted by Crippen LogP contribution is 2.25. The Labute approximate surface area is 194 Å². The number of carbonyl (C=O) groups is 1. The quantitative estimate of drug-likeness (QED) is 0.600. The second kappa shape index (κ2) is 10.4. The number of H-pyrrole nitrogens is 1. The van der Waals surface area contributed by atoms with Crippen molar-refractivity contribution in [1.82, 2.24) is 19.4 Å². The molecule has 2 aromatic rings. The summed E-state index contributed by atoms with van der Waals surface area (Å²) in [6.45, 7) is 8.04. The molecule has 1 aliphatic heterocycles. The molecule has 0 unspecified atom stereocenters. The first kappa shape index (κ1) is 23.3. The molecule has 2 aliphatic rings. The fourth-order valence-corrected chi connectivity index (χ4v) is 4.80. The first-order valence-corrected chi connectivity index (χ1v) is 12.2. The lowest BCUT2D eigenvalue weighted by Crippen LogP contribution is -2.50. The minimum absolute atomic E-state index is 0.161. The SMILES string of the molecule is CC(C)N1CCN(C(=O)CCCCn2c(=O)cc(Nc3ccc4c(c3)CCC4)[nH]c2=O)CC1. The average Bonchev–Trinajstić information content (AvgIpc) is 3.26. The van der Waals surface area contributed by atoms with Crippen LogP contribution in [0.2, 0.25) is 0 Å². The van der Waals surface area contributed by atoms with Gasteiger partial charge in [0.05, 0.1) is 0 Å². The highest BCUT2D eigenvalue weighted by molar-refractivity contribution is 5.76. The van der Waals surface area contributed by atoms with E-state index < -0.39 is 5.69 Å². The number of amides is 1. The van der Waals surface area contributed by atoms with Crippen LogP contribution in [0.3, 0.4) is 0 Å². The third kappa shape index (κ3) is 5.74. The Morgan fingerprint density at radius 3 is 2.52 bits per heavy atom. The first-order chi connectivity index (χ1) is 15.9. The standard InChI is InChI=1S/C25H35N5O3/c1-18(2)28-12-14-29(15-13-28)23(31)8-3-4-11-30-24(32)17-22(27-25(30)33)26-21-10-9-19-6-5-7-20(19)16-21/h9-10,16-18,26H,3-8,11-15H2,1-2H3,(H,27,33). The van der Waals surface area contributed by atoms with E-state index >= 15 is 0 Å². The van der Waals surface area contributed by atoms with Crippen molar-refractivity contribution < 1.29 is 4.79 Å². The molecular weight excluding hydrogens is 418 g/mol. The van der Waals surface area contributed by atoms with Crippen molar-refractivity contribution in [3.05, 3.63) is 56.2 Å². The van der Waals surface area contributed by atoms with E-state index in [0.717, 1.165) is 44.7 Å². The van der Waals surface area contributed by atoms with Gasteiger partial charge < -0.3 is 10.2 Å².